The van der Waals surface area contributed by atoms with Crippen LogP contribution in [0.25, 0.3) is 0 Å². The zero-order chi connectivity index (χ0) is 10.7. The molecule has 1 atom stereocenters. The quantitative estimate of drug-likeness (QED) is 0.822. The van der Waals surface area contributed by atoms with E-state index in [-0.39, 0.29) is 6.04 Å². The van der Waals surface area contributed by atoms with Gasteiger partial charge in [-0.05, 0) is 37.8 Å². The lowest BCUT2D eigenvalue weighted by molar-refractivity contribution is 0.180. The first kappa shape index (κ1) is 10.4. The molecule has 1 heterocycles. The molecular weight excluding hydrogens is 188 g/mol. The van der Waals surface area contributed by atoms with Crippen LogP contribution in [0, 0.1) is 5.92 Å². The van der Waals surface area contributed by atoms with Crippen molar-refractivity contribution in [2.75, 3.05) is 6.61 Å². The summed E-state index contributed by atoms with van der Waals surface area (Å²) in [6, 6.07) is 3.87. The second kappa shape index (κ2) is 4.62. The first-order valence-electron chi connectivity index (χ1n) is 5.60. The molecule has 1 aromatic heterocycles. The molecule has 1 aliphatic rings. The highest BCUT2D eigenvalue weighted by atomic mass is 16.5. The van der Waals surface area contributed by atoms with E-state index >= 15 is 0 Å². The Morgan fingerprint density at radius 3 is 2.80 bits per heavy atom. The van der Waals surface area contributed by atoms with Crippen LogP contribution in [0.1, 0.15) is 37.9 Å². The predicted molar refractivity (Wildman–Crippen MR) is 59.7 cm³/mol. The smallest absolute Gasteiger partial charge is 0.137 e. The molecule has 0 spiro atoms. The highest BCUT2D eigenvalue weighted by Gasteiger charge is 2.17. The molecule has 3 heteroatoms. The van der Waals surface area contributed by atoms with E-state index in [4.69, 9.17) is 10.5 Å². The summed E-state index contributed by atoms with van der Waals surface area (Å²) in [4.78, 5) is 4.25. The number of nitrogens with zero attached hydrogens (tertiary/aromatic N) is 1. The van der Waals surface area contributed by atoms with Crippen molar-refractivity contribution in [1.29, 1.82) is 0 Å². The van der Waals surface area contributed by atoms with Crippen molar-refractivity contribution in [3.63, 3.8) is 0 Å². The van der Waals surface area contributed by atoms with Crippen LogP contribution in [0.5, 0.6) is 5.75 Å². The first-order valence-corrected chi connectivity index (χ1v) is 5.60. The molecule has 0 saturated heterocycles. The normalized spacial score (nSPS) is 18.3. The molecule has 1 saturated carbocycles. The van der Waals surface area contributed by atoms with Crippen LogP contribution in [0.2, 0.25) is 0 Å². The van der Waals surface area contributed by atoms with Crippen LogP contribution in [0.4, 0.5) is 0 Å². The fourth-order valence-electron chi connectivity index (χ4n) is 1.62. The van der Waals surface area contributed by atoms with Crippen LogP contribution < -0.4 is 10.5 Å². The van der Waals surface area contributed by atoms with Crippen molar-refractivity contribution >= 4 is 0 Å². The average molecular weight is 206 g/mol. The monoisotopic (exact) mass is 206 g/mol. The van der Waals surface area contributed by atoms with E-state index in [2.05, 4.69) is 4.98 Å². The molecule has 0 bridgehead atoms. The Hall–Kier alpha value is -1.09. The predicted octanol–water partition coefficient (Wildman–Crippen LogP) is 2.28. The number of pyridine rings is 1. The molecule has 2 N–H and O–H groups in total. The van der Waals surface area contributed by atoms with Crippen LogP contribution in [0.3, 0.4) is 0 Å². The Morgan fingerprint density at radius 1 is 1.53 bits per heavy atom. The van der Waals surface area contributed by atoms with Gasteiger partial charge in [-0.3, -0.25) is 4.98 Å². The maximum absolute atomic E-state index is 5.71. The average Bonchev–Trinajstić information content (AvgIpc) is 2.16. The number of hydrogen-bond acceptors (Lipinski definition) is 3. The highest BCUT2D eigenvalue weighted by Crippen LogP contribution is 2.27. The Bertz CT molecular complexity index is 304. The van der Waals surface area contributed by atoms with E-state index in [1.54, 1.807) is 6.20 Å². The number of nitrogens with two attached hydrogens (primary N) is 1. The number of aromatic nitrogens is 1. The van der Waals surface area contributed by atoms with Gasteiger partial charge in [-0.2, -0.15) is 0 Å². The molecule has 2 rings (SSSR count). The van der Waals surface area contributed by atoms with Gasteiger partial charge in [-0.25, -0.2) is 0 Å². The summed E-state index contributed by atoms with van der Waals surface area (Å²) in [5, 5.41) is 0. The maximum Gasteiger partial charge on any atom is 0.137 e. The number of ether oxygens (including phenoxy) is 1. The standard InChI is InChI=1S/C12H18N2O/c1-9(13)12-6-5-11(7-14-12)15-8-10-3-2-4-10/h5-7,9-10H,2-4,8,13H2,1H3. The van der Waals surface area contributed by atoms with Crippen LogP contribution in [0.15, 0.2) is 18.3 Å². The molecule has 0 radical (unpaired) electrons. The molecule has 0 aliphatic heterocycles. The molecule has 1 unspecified atom stereocenters. The summed E-state index contributed by atoms with van der Waals surface area (Å²) in [5.41, 5.74) is 6.62. The summed E-state index contributed by atoms with van der Waals surface area (Å²) in [6.07, 6.45) is 5.74. The van der Waals surface area contributed by atoms with Crippen molar-refractivity contribution in [2.24, 2.45) is 11.7 Å². The van der Waals surface area contributed by atoms with Gasteiger partial charge in [0.25, 0.3) is 0 Å². The third-order valence-corrected chi connectivity index (χ3v) is 2.94. The minimum atomic E-state index is -0.00863. The summed E-state index contributed by atoms with van der Waals surface area (Å²) in [5.74, 6) is 1.62. The summed E-state index contributed by atoms with van der Waals surface area (Å²) >= 11 is 0. The van der Waals surface area contributed by atoms with E-state index in [1.807, 2.05) is 19.1 Å². The van der Waals surface area contributed by atoms with Crippen molar-refractivity contribution in [3.05, 3.63) is 24.0 Å². The van der Waals surface area contributed by atoms with Crippen molar-refractivity contribution in [2.45, 2.75) is 32.2 Å². The minimum absolute atomic E-state index is 0.00863. The zero-order valence-corrected chi connectivity index (χ0v) is 9.15. The minimum Gasteiger partial charge on any atom is -0.492 e. The largest absolute Gasteiger partial charge is 0.492 e. The topological polar surface area (TPSA) is 48.1 Å². The van der Waals surface area contributed by atoms with Gasteiger partial charge in [-0.15, -0.1) is 0 Å². The molecule has 1 aromatic rings. The Morgan fingerprint density at radius 2 is 2.33 bits per heavy atom. The van der Waals surface area contributed by atoms with Crippen molar-refractivity contribution in [3.8, 4) is 5.75 Å². The van der Waals surface area contributed by atoms with E-state index in [9.17, 15) is 0 Å². The van der Waals surface area contributed by atoms with Crippen molar-refractivity contribution < 1.29 is 4.74 Å². The Kier molecular flexibility index (Phi) is 3.21. The van der Waals surface area contributed by atoms with Gasteiger partial charge in [-0.1, -0.05) is 6.42 Å². The Balaban J connectivity index is 1.86. The second-order valence-corrected chi connectivity index (χ2v) is 4.32. The lowest BCUT2D eigenvalue weighted by atomic mass is 9.86. The first-order chi connectivity index (χ1) is 7.25. The summed E-state index contributed by atoms with van der Waals surface area (Å²) in [6.45, 7) is 2.76. The second-order valence-electron chi connectivity index (χ2n) is 4.32. The van der Waals surface area contributed by atoms with Crippen LogP contribution in [-0.2, 0) is 0 Å². The maximum atomic E-state index is 5.71. The fraction of sp³-hybridized carbons (Fsp3) is 0.583. The number of hydrogen-bond donors (Lipinski definition) is 1. The van der Waals surface area contributed by atoms with E-state index in [0.29, 0.717) is 0 Å². The van der Waals surface area contributed by atoms with Gasteiger partial charge in [0, 0.05) is 6.04 Å². The third kappa shape index (κ3) is 2.69. The van der Waals surface area contributed by atoms with E-state index in [1.165, 1.54) is 19.3 Å². The van der Waals surface area contributed by atoms with Gasteiger partial charge in [0.15, 0.2) is 0 Å². The lowest BCUT2D eigenvalue weighted by Gasteiger charge is -2.25. The summed E-state index contributed by atoms with van der Waals surface area (Å²) < 4.78 is 5.64. The fourth-order valence-corrected chi connectivity index (χ4v) is 1.62. The zero-order valence-electron chi connectivity index (χ0n) is 9.15. The molecule has 0 aromatic carbocycles. The lowest BCUT2D eigenvalue weighted by Crippen LogP contribution is -2.19. The molecule has 15 heavy (non-hydrogen) atoms. The van der Waals surface area contributed by atoms with E-state index < -0.39 is 0 Å². The molecule has 82 valence electrons. The summed E-state index contributed by atoms with van der Waals surface area (Å²) in [7, 11) is 0. The molecule has 1 fully saturated rings. The molecule has 0 amide bonds. The SMILES string of the molecule is CC(N)c1ccc(OCC2CCC2)cn1. The molecule has 3 nitrogen and oxygen atoms in total. The third-order valence-electron chi connectivity index (χ3n) is 2.94. The van der Waals surface area contributed by atoms with Gasteiger partial charge in [0.2, 0.25) is 0 Å². The Labute approximate surface area is 90.7 Å². The van der Waals surface area contributed by atoms with Gasteiger partial charge >= 0.3 is 0 Å². The van der Waals surface area contributed by atoms with Crippen LogP contribution >= 0.6 is 0 Å². The van der Waals surface area contributed by atoms with Gasteiger partial charge in [0.1, 0.15) is 5.75 Å². The van der Waals surface area contributed by atoms with Crippen molar-refractivity contribution in [1.82, 2.24) is 4.98 Å². The molecule has 1 aliphatic carbocycles. The molecular formula is C12H18N2O. The van der Waals surface area contributed by atoms with Gasteiger partial charge < -0.3 is 10.5 Å². The van der Waals surface area contributed by atoms with Crippen LogP contribution in [-0.4, -0.2) is 11.6 Å². The number of rotatable bonds is 4. The highest BCUT2D eigenvalue weighted by molar-refractivity contribution is 5.21. The van der Waals surface area contributed by atoms with E-state index in [0.717, 1.165) is 24.0 Å². The van der Waals surface area contributed by atoms with Gasteiger partial charge in [0.05, 0.1) is 18.5 Å².